The van der Waals surface area contributed by atoms with Crippen LogP contribution in [0.15, 0.2) is 0 Å². The Labute approximate surface area is 140 Å². The summed E-state index contributed by atoms with van der Waals surface area (Å²) in [6.07, 6.45) is 7.85. The molecule has 2 fully saturated rings. The Morgan fingerprint density at radius 2 is 1.96 bits per heavy atom. The summed E-state index contributed by atoms with van der Waals surface area (Å²) < 4.78 is 30.5. The highest BCUT2D eigenvalue weighted by Gasteiger charge is 2.30. The van der Waals surface area contributed by atoms with Crippen molar-refractivity contribution in [3.05, 3.63) is 0 Å². The molecule has 0 unspecified atom stereocenters. The summed E-state index contributed by atoms with van der Waals surface area (Å²) in [4.78, 5) is 12.2. The number of hydrogen-bond acceptors (Lipinski definition) is 4. The van der Waals surface area contributed by atoms with Crippen molar-refractivity contribution in [2.75, 3.05) is 32.5 Å². The SMILES string of the molecule is C[C@@H]1CCCC[C@@H]1OCCNC(=O)[C@H]1CCCN(S(C)(=O)=O)C1. The maximum Gasteiger partial charge on any atom is 0.224 e. The van der Waals surface area contributed by atoms with E-state index in [1.807, 2.05) is 0 Å². The Morgan fingerprint density at radius 1 is 1.22 bits per heavy atom. The van der Waals surface area contributed by atoms with Gasteiger partial charge in [-0.25, -0.2) is 12.7 Å². The van der Waals surface area contributed by atoms with Crippen LogP contribution < -0.4 is 5.32 Å². The molecule has 1 aliphatic heterocycles. The molecule has 0 aromatic carbocycles. The molecule has 1 saturated heterocycles. The van der Waals surface area contributed by atoms with Crippen molar-refractivity contribution in [2.24, 2.45) is 11.8 Å². The first kappa shape index (κ1) is 18.7. The first-order valence-electron chi connectivity index (χ1n) is 8.72. The third-order valence-electron chi connectivity index (χ3n) is 4.99. The van der Waals surface area contributed by atoms with Crippen LogP contribution in [-0.2, 0) is 19.6 Å². The molecule has 2 aliphatic rings. The average Bonchev–Trinajstić information content (AvgIpc) is 2.52. The summed E-state index contributed by atoms with van der Waals surface area (Å²) in [5, 5.41) is 2.89. The van der Waals surface area contributed by atoms with E-state index in [9.17, 15) is 13.2 Å². The molecule has 6 nitrogen and oxygen atoms in total. The van der Waals surface area contributed by atoms with E-state index >= 15 is 0 Å². The summed E-state index contributed by atoms with van der Waals surface area (Å²) in [5.74, 6) is 0.298. The van der Waals surface area contributed by atoms with Gasteiger partial charge in [0.15, 0.2) is 0 Å². The largest absolute Gasteiger partial charge is 0.376 e. The van der Waals surface area contributed by atoms with Crippen molar-refractivity contribution in [2.45, 2.75) is 51.6 Å². The maximum absolute atomic E-state index is 12.2. The number of nitrogens with one attached hydrogen (secondary N) is 1. The molecule has 0 spiro atoms. The second-order valence-corrected chi connectivity index (χ2v) is 8.90. The average molecular weight is 346 g/mol. The van der Waals surface area contributed by atoms with Crippen molar-refractivity contribution in [1.29, 1.82) is 0 Å². The highest BCUT2D eigenvalue weighted by molar-refractivity contribution is 7.88. The van der Waals surface area contributed by atoms with Gasteiger partial charge >= 0.3 is 0 Å². The quantitative estimate of drug-likeness (QED) is 0.737. The second kappa shape index (κ2) is 8.44. The minimum absolute atomic E-state index is 0.0568. The van der Waals surface area contributed by atoms with Gasteiger partial charge in [-0.2, -0.15) is 0 Å². The molecular formula is C16H30N2O4S. The lowest BCUT2D eigenvalue weighted by Gasteiger charge is -2.30. The maximum atomic E-state index is 12.2. The predicted octanol–water partition coefficient (Wildman–Crippen LogP) is 1.37. The molecule has 3 atom stereocenters. The van der Waals surface area contributed by atoms with Crippen molar-refractivity contribution in [1.82, 2.24) is 9.62 Å². The Morgan fingerprint density at radius 3 is 2.65 bits per heavy atom. The number of rotatable bonds is 6. The molecule has 1 saturated carbocycles. The lowest BCUT2D eigenvalue weighted by molar-refractivity contribution is -0.126. The normalized spacial score (nSPS) is 30.1. The summed E-state index contributed by atoms with van der Waals surface area (Å²) in [6, 6.07) is 0. The first-order chi connectivity index (χ1) is 10.9. The second-order valence-electron chi connectivity index (χ2n) is 6.92. The Balaban J connectivity index is 1.68. The van der Waals surface area contributed by atoms with E-state index in [0.717, 1.165) is 19.3 Å². The van der Waals surface area contributed by atoms with Crippen LogP contribution in [0.4, 0.5) is 0 Å². The molecule has 1 aliphatic carbocycles. The lowest BCUT2D eigenvalue weighted by atomic mass is 9.88. The van der Waals surface area contributed by atoms with Crippen molar-refractivity contribution in [3.63, 3.8) is 0 Å². The zero-order valence-electron chi connectivity index (χ0n) is 14.3. The predicted molar refractivity (Wildman–Crippen MR) is 89.5 cm³/mol. The van der Waals surface area contributed by atoms with Crippen molar-refractivity contribution in [3.8, 4) is 0 Å². The van der Waals surface area contributed by atoms with E-state index in [1.165, 1.54) is 29.8 Å². The molecule has 0 bridgehead atoms. The van der Waals surface area contributed by atoms with Gasteiger partial charge in [0.05, 0.1) is 24.9 Å². The molecule has 0 aromatic rings. The van der Waals surface area contributed by atoms with Gasteiger partial charge in [-0.15, -0.1) is 0 Å². The van der Waals surface area contributed by atoms with Gasteiger partial charge in [-0.3, -0.25) is 4.79 Å². The first-order valence-corrected chi connectivity index (χ1v) is 10.6. The molecule has 134 valence electrons. The zero-order valence-corrected chi connectivity index (χ0v) is 15.1. The zero-order chi connectivity index (χ0) is 16.9. The summed E-state index contributed by atoms with van der Waals surface area (Å²) in [5.41, 5.74) is 0. The standard InChI is InChI=1S/C16H30N2O4S/c1-13-6-3-4-8-15(13)22-11-9-17-16(19)14-7-5-10-18(12-14)23(2,20)21/h13-15H,3-12H2,1-2H3,(H,17,19)/t13-,14+,15+/m1/s1. The van der Waals surface area contributed by atoms with Crippen LogP contribution in [0.3, 0.4) is 0 Å². The highest BCUT2D eigenvalue weighted by Crippen LogP contribution is 2.26. The van der Waals surface area contributed by atoms with Crippen molar-refractivity contribution >= 4 is 15.9 Å². The van der Waals surface area contributed by atoms with Crippen LogP contribution in [0.1, 0.15) is 45.4 Å². The van der Waals surface area contributed by atoms with Crippen LogP contribution in [0.5, 0.6) is 0 Å². The van der Waals surface area contributed by atoms with Gasteiger partial charge < -0.3 is 10.1 Å². The minimum Gasteiger partial charge on any atom is -0.376 e. The van der Waals surface area contributed by atoms with E-state index in [1.54, 1.807) is 0 Å². The highest BCUT2D eigenvalue weighted by atomic mass is 32.2. The minimum atomic E-state index is -3.21. The molecule has 0 radical (unpaired) electrons. The number of carbonyl (C=O) groups is 1. The van der Waals surface area contributed by atoms with Gasteiger partial charge in [0.1, 0.15) is 0 Å². The summed E-state index contributed by atoms with van der Waals surface area (Å²) in [6.45, 7) is 4.07. The molecular weight excluding hydrogens is 316 g/mol. The van der Waals surface area contributed by atoms with E-state index in [0.29, 0.717) is 38.3 Å². The number of sulfonamides is 1. The smallest absolute Gasteiger partial charge is 0.224 e. The topological polar surface area (TPSA) is 75.7 Å². The number of carbonyl (C=O) groups excluding carboxylic acids is 1. The summed E-state index contributed by atoms with van der Waals surface area (Å²) in [7, 11) is -3.21. The van der Waals surface area contributed by atoms with E-state index in [2.05, 4.69) is 12.2 Å². The van der Waals surface area contributed by atoms with E-state index in [4.69, 9.17) is 4.74 Å². The van der Waals surface area contributed by atoms with Crippen LogP contribution in [-0.4, -0.2) is 57.2 Å². The fourth-order valence-electron chi connectivity index (χ4n) is 3.52. The summed E-state index contributed by atoms with van der Waals surface area (Å²) >= 11 is 0. The Hall–Kier alpha value is -0.660. The lowest BCUT2D eigenvalue weighted by Crippen LogP contribution is -2.45. The molecule has 2 rings (SSSR count). The monoisotopic (exact) mass is 346 g/mol. The third kappa shape index (κ3) is 5.72. The number of hydrogen-bond donors (Lipinski definition) is 1. The Kier molecular flexibility index (Phi) is 6.85. The molecule has 1 N–H and O–H groups in total. The van der Waals surface area contributed by atoms with Crippen LogP contribution in [0.2, 0.25) is 0 Å². The van der Waals surface area contributed by atoms with Crippen LogP contribution >= 0.6 is 0 Å². The van der Waals surface area contributed by atoms with Gasteiger partial charge in [0, 0.05) is 19.6 Å². The van der Waals surface area contributed by atoms with Gasteiger partial charge in [0.2, 0.25) is 15.9 Å². The molecule has 1 heterocycles. The fourth-order valence-corrected chi connectivity index (χ4v) is 4.43. The molecule has 7 heteroatoms. The van der Waals surface area contributed by atoms with E-state index < -0.39 is 10.0 Å². The van der Waals surface area contributed by atoms with E-state index in [-0.39, 0.29) is 11.8 Å². The van der Waals surface area contributed by atoms with Gasteiger partial charge in [0.25, 0.3) is 0 Å². The number of nitrogens with zero attached hydrogens (tertiary/aromatic N) is 1. The van der Waals surface area contributed by atoms with Crippen LogP contribution in [0.25, 0.3) is 0 Å². The van der Waals surface area contributed by atoms with Crippen molar-refractivity contribution < 1.29 is 17.9 Å². The van der Waals surface area contributed by atoms with Gasteiger partial charge in [-0.05, 0) is 31.6 Å². The molecule has 1 amide bonds. The third-order valence-corrected chi connectivity index (χ3v) is 6.26. The van der Waals surface area contributed by atoms with Crippen LogP contribution in [0, 0.1) is 11.8 Å². The Bertz CT molecular complexity index is 494. The molecule has 0 aromatic heterocycles. The number of ether oxygens (including phenoxy) is 1. The number of amides is 1. The van der Waals surface area contributed by atoms with Gasteiger partial charge in [-0.1, -0.05) is 19.8 Å². The number of piperidine rings is 1. The molecule has 23 heavy (non-hydrogen) atoms. The fraction of sp³-hybridized carbons (Fsp3) is 0.938.